The Labute approximate surface area is 204 Å². The first kappa shape index (κ1) is 26.3. The Morgan fingerprint density at radius 2 is 1.90 bits per heavy atom. The number of rotatable bonds is 10. The van der Waals surface area contributed by atoms with E-state index in [2.05, 4.69) is 46.7 Å². The summed E-state index contributed by atoms with van der Waals surface area (Å²) in [6, 6.07) is 8.72. The van der Waals surface area contributed by atoms with Gasteiger partial charge in [-0.3, -0.25) is 4.90 Å². The van der Waals surface area contributed by atoms with Gasteiger partial charge in [0.15, 0.2) is 5.96 Å². The number of hydrogen-bond donors (Lipinski definition) is 3. The summed E-state index contributed by atoms with van der Waals surface area (Å²) in [4.78, 5) is 7.12. The summed E-state index contributed by atoms with van der Waals surface area (Å²) in [6.45, 7) is 9.62. The van der Waals surface area contributed by atoms with Crippen molar-refractivity contribution < 1.29 is 14.6 Å². The van der Waals surface area contributed by atoms with Crippen LogP contribution < -0.4 is 10.6 Å². The van der Waals surface area contributed by atoms with Gasteiger partial charge in [0, 0.05) is 45.9 Å². The fourth-order valence-electron chi connectivity index (χ4n) is 3.77. The largest absolute Gasteiger partial charge is 0.393 e. The second kappa shape index (κ2) is 15.0. The van der Waals surface area contributed by atoms with Crippen LogP contribution in [0.5, 0.6) is 0 Å². The molecule has 1 aromatic carbocycles. The van der Waals surface area contributed by atoms with Crippen molar-refractivity contribution in [3.63, 3.8) is 0 Å². The minimum atomic E-state index is -0.115. The third kappa shape index (κ3) is 10.0. The summed E-state index contributed by atoms with van der Waals surface area (Å²) < 4.78 is 11.1. The van der Waals surface area contributed by atoms with E-state index in [1.54, 1.807) is 0 Å². The smallest absolute Gasteiger partial charge is 0.191 e. The number of halogens is 1. The number of likely N-dealkylation sites (tertiary alicyclic amines) is 1. The highest BCUT2D eigenvalue weighted by molar-refractivity contribution is 14.0. The minimum absolute atomic E-state index is 0. The van der Waals surface area contributed by atoms with E-state index in [0.29, 0.717) is 6.54 Å². The molecule has 1 unspecified atom stereocenters. The number of aliphatic hydroxyl groups is 1. The molecule has 0 amide bonds. The van der Waals surface area contributed by atoms with Crippen molar-refractivity contribution in [1.29, 1.82) is 0 Å². The molecule has 0 aliphatic carbocycles. The number of ether oxygens (including phenoxy) is 2. The predicted molar refractivity (Wildman–Crippen MR) is 135 cm³/mol. The summed E-state index contributed by atoms with van der Waals surface area (Å²) >= 11 is 0. The molecule has 7 nitrogen and oxygen atoms in total. The van der Waals surface area contributed by atoms with Gasteiger partial charge in [-0.25, -0.2) is 4.99 Å². The highest BCUT2D eigenvalue weighted by Gasteiger charge is 2.17. The van der Waals surface area contributed by atoms with E-state index >= 15 is 0 Å². The van der Waals surface area contributed by atoms with Crippen molar-refractivity contribution in [3.05, 3.63) is 35.4 Å². The molecule has 3 rings (SSSR count). The zero-order valence-electron chi connectivity index (χ0n) is 18.7. The Morgan fingerprint density at radius 1 is 1.16 bits per heavy atom. The van der Waals surface area contributed by atoms with Crippen LogP contribution in [0.1, 0.15) is 43.7 Å². The molecule has 2 aliphatic heterocycles. The summed E-state index contributed by atoms with van der Waals surface area (Å²) in [5.74, 6) is 0.845. The zero-order chi connectivity index (χ0) is 21.0. The SMILES string of the molecule is CCNC(=NCc1ccc(CN2CCC(O)CC2)cc1)NCCCOC1CCOC1.I. The number of guanidine groups is 1. The highest BCUT2D eigenvalue weighted by Crippen LogP contribution is 2.14. The topological polar surface area (TPSA) is 78.4 Å². The molecule has 0 radical (unpaired) electrons. The lowest BCUT2D eigenvalue weighted by Crippen LogP contribution is -2.38. The number of hydrogen-bond acceptors (Lipinski definition) is 5. The van der Waals surface area contributed by atoms with Crippen molar-refractivity contribution in [3.8, 4) is 0 Å². The lowest BCUT2D eigenvalue weighted by atomic mass is 10.1. The molecule has 8 heteroatoms. The lowest BCUT2D eigenvalue weighted by molar-refractivity contribution is 0.0420. The minimum Gasteiger partial charge on any atom is -0.393 e. The molecule has 0 saturated carbocycles. The molecule has 1 aromatic rings. The first-order chi connectivity index (χ1) is 14.7. The summed E-state index contributed by atoms with van der Waals surface area (Å²) in [6.07, 6.45) is 3.88. The normalized spacial score (nSPS) is 20.5. The molecule has 176 valence electrons. The van der Waals surface area contributed by atoms with Crippen LogP contribution in [-0.4, -0.2) is 74.2 Å². The van der Waals surface area contributed by atoms with Gasteiger partial charge in [0.05, 0.1) is 25.4 Å². The number of nitrogens with one attached hydrogen (secondary N) is 2. The maximum absolute atomic E-state index is 9.64. The molecule has 2 heterocycles. The first-order valence-corrected chi connectivity index (χ1v) is 11.4. The molecule has 2 saturated heterocycles. The van der Waals surface area contributed by atoms with Gasteiger partial charge in [0.25, 0.3) is 0 Å². The molecule has 0 bridgehead atoms. The van der Waals surface area contributed by atoms with Crippen LogP contribution in [-0.2, 0) is 22.6 Å². The monoisotopic (exact) mass is 546 g/mol. The van der Waals surface area contributed by atoms with Crippen LogP contribution in [0.3, 0.4) is 0 Å². The van der Waals surface area contributed by atoms with E-state index < -0.39 is 0 Å². The number of piperidine rings is 1. The molecule has 1 atom stereocenters. The molecule has 0 spiro atoms. The van der Waals surface area contributed by atoms with Gasteiger partial charge in [-0.05, 0) is 43.7 Å². The summed E-state index contributed by atoms with van der Waals surface area (Å²) in [5, 5.41) is 16.3. The maximum atomic E-state index is 9.64. The average molecular weight is 546 g/mol. The molecule has 0 aromatic heterocycles. The van der Waals surface area contributed by atoms with Gasteiger partial charge in [-0.1, -0.05) is 24.3 Å². The third-order valence-electron chi connectivity index (χ3n) is 5.61. The lowest BCUT2D eigenvalue weighted by Gasteiger charge is -2.29. The molecular formula is C23H39IN4O3. The number of aliphatic hydroxyl groups excluding tert-OH is 1. The van der Waals surface area contributed by atoms with E-state index in [1.165, 1.54) is 11.1 Å². The Hall–Kier alpha value is -0.940. The third-order valence-corrected chi connectivity index (χ3v) is 5.61. The van der Waals surface area contributed by atoms with Gasteiger partial charge in [-0.15, -0.1) is 24.0 Å². The maximum Gasteiger partial charge on any atom is 0.191 e. The van der Waals surface area contributed by atoms with Crippen molar-refractivity contribution in [2.75, 3.05) is 46.0 Å². The van der Waals surface area contributed by atoms with Gasteiger partial charge >= 0.3 is 0 Å². The van der Waals surface area contributed by atoms with Crippen molar-refractivity contribution in [2.24, 2.45) is 4.99 Å². The van der Waals surface area contributed by atoms with Crippen LogP contribution in [0.2, 0.25) is 0 Å². The van der Waals surface area contributed by atoms with Gasteiger partial charge in [0.1, 0.15) is 0 Å². The summed E-state index contributed by atoms with van der Waals surface area (Å²) in [5.41, 5.74) is 2.52. The van der Waals surface area contributed by atoms with E-state index in [9.17, 15) is 5.11 Å². The Kier molecular flexibility index (Phi) is 12.7. The highest BCUT2D eigenvalue weighted by atomic mass is 127. The zero-order valence-corrected chi connectivity index (χ0v) is 21.1. The molecule has 3 N–H and O–H groups in total. The molecular weight excluding hydrogens is 507 g/mol. The van der Waals surface area contributed by atoms with Crippen LogP contribution in [0.25, 0.3) is 0 Å². The standard InChI is InChI=1S/C23H38N4O3.HI/c1-2-24-23(25-11-3-14-30-22-10-15-29-18-22)26-16-19-4-6-20(7-5-19)17-27-12-8-21(28)9-13-27;/h4-7,21-22,28H,2-3,8-18H2,1H3,(H2,24,25,26);1H. The second-order valence-corrected chi connectivity index (χ2v) is 8.16. The van der Waals surface area contributed by atoms with E-state index in [1.807, 2.05) is 0 Å². The Bertz CT molecular complexity index is 630. The van der Waals surface area contributed by atoms with Crippen LogP contribution >= 0.6 is 24.0 Å². The number of nitrogens with zero attached hydrogens (tertiary/aromatic N) is 2. The summed E-state index contributed by atoms with van der Waals surface area (Å²) in [7, 11) is 0. The Balaban J connectivity index is 0.00000341. The molecule has 31 heavy (non-hydrogen) atoms. The first-order valence-electron chi connectivity index (χ1n) is 11.4. The van der Waals surface area contributed by atoms with Gasteiger partial charge in [-0.2, -0.15) is 0 Å². The van der Waals surface area contributed by atoms with Crippen molar-refractivity contribution in [2.45, 2.75) is 57.9 Å². The fraction of sp³-hybridized carbons (Fsp3) is 0.696. The van der Waals surface area contributed by atoms with Crippen LogP contribution in [0.15, 0.2) is 29.3 Å². The van der Waals surface area contributed by atoms with E-state index in [4.69, 9.17) is 14.5 Å². The quantitative estimate of drug-likeness (QED) is 0.181. The van der Waals surface area contributed by atoms with Crippen molar-refractivity contribution in [1.82, 2.24) is 15.5 Å². The van der Waals surface area contributed by atoms with Gasteiger partial charge < -0.3 is 25.2 Å². The number of aliphatic imine (C=N–C) groups is 1. The predicted octanol–water partition coefficient (Wildman–Crippen LogP) is 2.51. The fourth-order valence-corrected chi connectivity index (χ4v) is 3.77. The number of benzene rings is 1. The van der Waals surface area contributed by atoms with E-state index in [0.717, 1.165) is 84.2 Å². The van der Waals surface area contributed by atoms with Crippen LogP contribution in [0.4, 0.5) is 0 Å². The Morgan fingerprint density at radius 3 is 2.58 bits per heavy atom. The van der Waals surface area contributed by atoms with Crippen LogP contribution in [0, 0.1) is 0 Å². The van der Waals surface area contributed by atoms with Gasteiger partial charge in [0.2, 0.25) is 0 Å². The van der Waals surface area contributed by atoms with Crippen molar-refractivity contribution >= 4 is 29.9 Å². The van der Waals surface area contributed by atoms with E-state index in [-0.39, 0.29) is 36.2 Å². The molecule has 2 aliphatic rings. The average Bonchev–Trinajstić information content (AvgIpc) is 3.28. The second-order valence-electron chi connectivity index (χ2n) is 8.16. The molecule has 2 fully saturated rings.